The highest BCUT2D eigenvalue weighted by Gasteiger charge is 2.23. The molecule has 3 rings (SSSR count). The molecule has 0 aromatic carbocycles. The van der Waals surface area contributed by atoms with Crippen LogP contribution in [0.3, 0.4) is 0 Å². The van der Waals surface area contributed by atoms with Gasteiger partial charge >= 0.3 is 0 Å². The first-order valence-corrected chi connectivity index (χ1v) is 7.80. The second-order valence-corrected chi connectivity index (χ2v) is 5.78. The Morgan fingerprint density at radius 1 is 1.27 bits per heavy atom. The van der Waals surface area contributed by atoms with Crippen LogP contribution in [0.1, 0.15) is 30.1 Å². The van der Waals surface area contributed by atoms with Gasteiger partial charge in [-0.05, 0) is 19.9 Å². The highest BCUT2D eigenvalue weighted by Crippen LogP contribution is 2.13. The Hall–Kier alpha value is -1.73. The Morgan fingerprint density at radius 2 is 2.09 bits per heavy atom. The molecule has 22 heavy (non-hydrogen) atoms. The Morgan fingerprint density at radius 3 is 2.77 bits per heavy atom. The highest BCUT2D eigenvalue weighted by molar-refractivity contribution is 5.06. The van der Waals surface area contributed by atoms with E-state index in [0.717, 1.165) is 38.4 Å². The minimum Gasteiger partial charge on any atom is -0.424 e. The van der Waals surface area contributed by atoms with Crippen LogP contribution in [0.15, 0.2) is 10.5 Å². The summed E-state index contributed by atoms with van der Waals surface area (Å²) in [6.07, 6.45) is 0.914. The van der Waals surface area contributed by atoms with Gasteiger partial charge in [0.1, 0.15) is 0 Å². The predicted molar refractivity (Wildman–Crippen MR) is 80.4 cm³/mol. The smallest absolute Gasteiger partial charge is 0.230 e. The zero-order valence-electron chi connectivity index (χ0n) is 13.4. The summed E-state index contributed by atoms with van der Waals surface area (Å²) in [6, 6.07) is 2.09. The van der Waals surface area contributed by atoms with Gasteiger partial charge in [0.15, 0.2) is 0 Å². The Balaban J connectivity index is 1.58. The fourth-order valence-corrected chi connectivity index (χ4v) is 2.77. The molecule has 0 N–H and O–H groups in total. The summed E-state index contributed by atoms with van der Waals surface area (Å²) in [5.41, 5.74) is 2.21. The Labute approximate surface area is 130 Å². The maximum atomic E-state index is 5.87. The van der Waals surface area contributed by atoms with Crippen LogP contribution in [0.2, 0.25) is 0 Å². The van der Waals surface area contributed by atoms with Crippen molar-refractivity contribution in [2.24, 2.45) is 0 Å². The summed E-state index contributed by atoms with van der Waals surface area (Å²) in [5.74, 6) is 1.38. The van der Waals surface area contributed by atoms with E-state index in [1.165, 1.54) is 5.69 Å². The molecule has 2 aromatic heterocycles. The van der Waals surface area contributed by atoms with Gasteiger partial charge in [-0.3, -0.25) is 9.58 Å². The molecule has 7 nitrogen and oxygen atoms in total. The van der Waals surface area contributed by atoms with Crippen molar-refractivity contribution in [1.29, 1.82) is 0 Å². The first kappa shape index (κ1) is 15.2. The van der Waals surface area contributed by atoms with E-state index in [0.29, 0.717) is 18.3 Å². The molecular weight excluding hydrogens is 282 g/mol. The maximum Gasteiger partial charge on any atom is 0.230 e. The molecule has 0 saturated carbocycles. The van der Waals surface area contributed by atoms with E-state index in [9.17, 15) is 0 Å². The molecule has 1 aliphatic heterocycles. The minimum atomic E-state index is 0.139. The predicted octanol–water partition coefficient (Wildman–Crippen LogP) is 1.35. The third kappa shape index (κ3) is 3.53. The standard InChI is InChI=1S/C15H23N5O2/c1-4-14-16-17-15(22-14)10-19-5-6-21-13(8-19)9-20-12(3)7-11(2)18-20/h7,13H,4-6,8-10H2,1-3H3/t13-/m1/s1. The second-order valence-electron chi connectivity index (χ2n) is 5.78. The maximum absolute atomic E-state index is 5.87. The van der Waals surface area contributed by atoms with Gasteiger partial charge in [0.2, 0.25) is 11.8 Å². The number of ether oxygens (including phenoxy) is 1. The van der Waals surface area contributed by atoms with Gasteiger partial charge in [0.05, 0.1) is 31.5 Å². The summed E-state index contributed by atoms with van der Waals surface area (Å²) in [5, 5.41) is 12.6. The average molecular weight is 305 g/mol. The molecule has 0 aliphatic carbocycles. The van der Waals surface area contributed by atoms with Gasteiger partial charge in [0.25, 0.3) is 0 Å². The second kappa shape index (κ2) is 6.58. The number of hydrogen-bond acceptors (Lipinski definition) is 6. The van der Waals surface area contributed by atoms with Crippen LogP contribution in [0, 0.1) is 13.8 Å². The van der Waals surface area contributed by atoms with E-state index in [1.807, 2.05) is 18.5 Å². The van der Waals surface area contributed by atoms with Crippen LogP contribution in [0.5, 0.6) is 0 Å². The lowest BCUT2D eigenvalue weighted by atomic mass is 10.2. The molecule has 0 spiro atoms. The SMILES string of the molecule is CCc1nnc(CN2CCO[C@@H](Cn3nc(C)cc3C)C2)o1. The highest BCUT2D eigenvalue weighted by atomic mass is 16.5. The Kier molecular flexibility index (Phi) is 4.54. The molecule has 1 aliphatic rings. The number of aryl methyl sites for hydroxylation is 3. The van der Waals surface area contributed by atoms with E-state index >= 15 is 0 Å². The van der Waals surface area contributed by atoms with Crippen molar-refractivity contribution in [2.45, 2.75) is 46.4 Å². The fourth-order valence-electron chi connectivity index (χ4n) is 2.77. The number of rotatable bonds is 5. The minimum absolute atomic E-state index is 0.139. The zero-order valence-corrected chi connectivity index (χ0v) is 13.4. The van der Waals surface area contributed by atoms with Crippen LogP contribution in [-0.2, 0) is 24.2 Å². The molecule has 0 radical (unpaired) electrons. The number of aromatic nitrogens is 4. The van der Waals surface area contributed by atoms with Gasteiger partial charge in [-0.1, -0.05) is 6.92 Å². The zero-order chi connectivity index (χ0) is 15.5. The number of hydrogen-bond donors (Lipinski definition) is 0. The molecule has 120 valence electrons. The monoisotopic (exact) mass is 305 g/mol. The summed E-state index contributed by atoms with van der Waals surface area (Å²) in [4.78, 5) is 2.30. The lowest BCUT2D eigenvalue weighted by Crippen LogP contribution is -2.44. The third-order valence-electron chi connectivity index (χ3n) is 3.87. The first-order valence-electron chi connectivity index (χ1n) is 7.80. The van der Waals surface area contributed by atoms with Crippen molar-refractivity contribution >= 4 is 0 Å². The molecule has 0 unspecified atom stereocenters. The van der Waals surface area contributed by atoms with Gasteiger partial charge in [-0.15, -0.1) is 10.2 Å². The summed E-state index contributed by atoms with van der Waals surface area (Å²) in [7, 11) is 0. The molecule has 2 aromatic rings. The van der Waals surface area contributed by atoms with Crippen LogP contribution in [-0.4, -0.2) is 50.7 Å². The van der Waals surface area contributed by atoms with E-state index in [1.54, 1.807) is 0 Å². The van der Waals surface area contributed by atoms with Crippen LogP contribution in [0.25, 0.3) is 0 Å². The Bertz CT molecular complexity index is 621. The first-order chi connectivity index (χ1) is 10.6. The van der Waals surface area contributed by atoms with Crippen LogP contribution < -0.4 is 0 Å². The van der Waals surface area contributed by atoms with E-state index < -0.39 is 0 Å². The van der Waals surface area contributed by atoms with Crippen molar-refractivity contribution < 1.29 is 9.15 Å². The quantitative estimate of drug-likeness (QED) is 0.830. The van der Waals surface area contributed by atoms with Gasteiger partial charge in [-0.2, -0.15) is 5.10 Å². The average Bonchev–Trinajstić information content (AvgIpc) is 3.06. The van der Waals surface area contributed by atoms with Crippen molar-refractivity contribution in [3.05, 3.63) is 29.2 Å². The van der Waals surface area contributed by atoms with Crippen molar-refractivity contribution in [2.75, 3.05) is 19.7 Å². The molecule has 3 heterocycles. The van der Waals surface area contributed by atoms with Crippen LogP contribution >= 0.6 is 0 Å². The van der Waals surface area contributed by atoms with Gasteiger partial charge in [0, 0.05) is 25.2 Å². The molecule has 1 fully saturated rings. The molecule has 1 saturated heterocycles. The van der Waals surface area contributed by atoms with E-state index in [4.69, 9.17) is 9.15 Å². The third-order valence-corrected chi connectivity index (χ3v) is 3.87. The molecule has 0 bridgehead atoms. The lowest BCUT2D eigenvalue weighted by molar-refractivity contribution is -0.0426. The molecule has 7 heteroatoms. The lowest BCUT2D eigenvalue weighted by Gasteiger charge is -2.32. The molecular formula is C15H23N5O2. The summed E-state index contributed by atoms with van der Waals surface area (Å²) < 4.78 is 13.5. The summed E-state index contributed by atoms with van der Waals surface area (Å²) in [6.45, 7) is 10.0. The number of nitrogens with zero attached hydrogens (tertiary/aromatic N) is 5. The van der Waals surface area contributed by atoms with Gasteiger partial charge < -0.3 is 9.15 Å². The van der Waals surface area contributed by atoms with Crippen molar-refractivity contribution in [3.8, 4) is 0 Å². The van der Waals surface area contributed by atoms with E-state index in [-0.39, 0.29) is 6.10 Å². The van der Waals surface area contributed by atoms with Crippen LogP contribution in [0.4, 0.5) is 0 Å². The number of morpholine rings is 1. The van der Waals surface area contributed by atoms with E-state index in [2.05, 4.69) is 33.2 Å². The molecule has 1 atom stereocenters. The summed E-state index contributed by atoms with van der Waals surface area (Å²) >= 11 is 0. The normalized spacial score (nSPS) is 19.7. The van der Waals surface area contributed by atoms with Crippen molar-refractivity contribution in [3.63, 3.8) is 0 Å². The fraction of sp³-hybridized carbons (Fsp3) is 0.667. The topological polar surface area (TPSA) is 69.2 Å². The van der Waals surface area contributed by atoms with Gasteiger partial charge in [-0.25, -0.2) is 0 Å². The van der Waals surface area contributed by atoms with Crippen molar-refractivity contribution in [1.82, 2.24) is 24.9 Å². The largest absolute Gasteiger partial charge is 0.424 e. The molecule has 0 amide bonds.